The number of hydrogen-bond acceptors (Lipinski definition) is 3. The van der Waals surface area contributed by atoms with Gasteiger partial charge in [0, 0.05) is 13.2 Å². The molecule has 2 N–H and O–H groups in total. The highest BCUT2D eigenvalue weighted by molar-refractivity contribution is 5.79. The van der Waals surface area contributed by atoms with Crippen LogP contribution in [-0.4, -0.2) is 38.3 Å². The van der Waals surface area contributed by atoms with Gasteiger partial charge in [0.15, 0.2) is 0 Å². The summed E-state index contributed by atoms with van der Waals surface area (Å²) < 4.78 is 5.43. The Morgan fingerprint density at radius 3 is 2.76 bits per heavy atom. The first-order valence-corrected chi connectivity index (χ1v) is 6.71. The molecule has 2 saturated heterocycles. The number of nitrogens with one attached hydrogen (secondary N) is 2. The molecule has 17 heavy (non-hydrogen) atoms. The Hall–Kier alpha value is -0.610. The molecule has 0 aliphatic carbocycles. The van der Waals surface area contributed by atoms with E-state index in [1.54, 1.807) is 0 Å². The number of piperidine rings is 1. The minimum absolute atomic E-state index is 0.0558. The number of carbonyl (C=O) groups is 1. The molecule has 2 aliphatic rings. The number of ether oxygens (including phenoxy) is 1. The zero-order valence-electron chi connectivity index (χ0n) is 10.9. The molecule has 98 valence electrons. The van der Waals surface area contributed by atoms with E-state index in [-0.39, 0.29) is 23.3 Å². The lowest BCUT2D eigenvalue weighted by Gasteiger charge is -2.34. The molecule has 0 saturated carbocycles. The van der Waals surface area contributed by atoms with Crippen LogP contribution in [0, 0.1) is 11.3 Å². The maximum Gasteiger partial charge on any atom is 0.225 e. The maximum atomic E-state index is 12.0. The highest BCUT2D eigenvalue weighted by Crippen LogP contribution is 2.27. The zero-order valence-corrected chi connectivity index (χ0v) is 10.9. The number of carbonyl (C=O) groups excluding carboxylic acids is 1. The van der Waals surface area contributed by atoms with Crippen LogP contribution in [0.4, 0.5) is 0 Å². The molecule has 2 fully saturated rings. The van der Waals surface area contributed by atoms with Gasteiger partial charge in [-0.05, 0) is 44.7 Å². The van der Waals surface area contributed by atoms with Crippen LogP contribution in [0.5, 0.6) is 0 Å². The summed E-state index contributed by atoms with van der Waals surface area (Å²) >= 11 is 0. The minimum Gasteiger partial charge on any atom is -0.378 e. The van der Waals surface area contributed by atoms with Crippen LogP contribution in [-0.2, 0) is 9.53 Å². The summed E-state index contributed by atoms with van der Waals surface area (Å²) in [6.45, 7) is 7.91. The molecular formula is C13H24N2O2. The summed E-state index contributed by atoms with van der Waals surface area (Å²) in [5, 5.41) is 6.48. The molecule has 0 aromatic carbocycles. The molecule has 0 spiro atoms. The van der Waals surface area contributed by atoms with Crippen molar-refractivity contribution in [1.29, 1.82) is 0 Å². The second kappa shape index (κ2) is 5.36. The molecule has 0 radical (unpaired) electrons. The van der Waals surface area contributed by atoms with Gasteiger partial charge >= 0.3 is 0 Å². The van der Waals surface area contributed by atoms with Crippen molar-refractivity contribution in [2.75, 3.05) is 26.2 Å². The number of amides is 1. The van der Waals surface area contributed by atoms with Crippen LogP contribution in [0.3, 0.4) is 0 Å². The lowest BCUT2D eigenvalue weighted by Crippen LogP contribution is -2.45. The largest absolute Gasteiger partial charge is 0.378 e. The predicted octanol–water partition coefficient (Wildman–Crippen LogP) is 0.917. The molecule has 0 aromatic heterocycles. The monoisotopic (exact) mass is 240 g/mol. The van der Waals surface area contributed by atoms with Crippen molar-refractivity contribution in [3.05, 3.63) is 0 Å². The quantitative estimate of drug-likeness (QED) is 0.771. The smallest absolute Gasteiger partial charge is 0.225 e. The fourth-order valence-corrected chi connectivity index (χ4v) is 2.71. The van der Waals surface area contributed by atoms with Crippen molar-refractivity contribution < 1.29 is 9.53 Å². The third-order valence-corrected chi connectivity index (χ3v) is 4.21. The average molecular weight is 240 g/mol. The highest BCUT2D eigenvalue weighted by atomic mass is 16.5. The van der Waals surface area contributed by atoms with E-state index in [9.17, 15) is 4.79 Å². The maximum absolute atomic E-state index is 12.0. The van der Waals surface area contributed by atoms with E-state index in [0.717, 1.165) is 45.5 Å². The second-order valence-electron chi connectivity index (χ2n) is 5.75. The Balaban J connectivity index is 1.79. The van der Waals surface area contributed by atoms with Crippen molar-refractivity contribution in [3.8, 4) is 0 Å². The molecule has 0 bridgehead atoms. The molecule has 2 rings (SSSR count). The van der Waals surface area contributed by atoms with E-state index in [4.69, 9.17) is 4.74 Å². The minimum atomic E-state index is 0.0558. The first-order valence-electron chi connectivity index (χ1n) is 6.71. The molecule has 4 nitrogen and oxygen atoms in total. The van der Waals surface area contributed by atoms with E-state index in [0.29, 0.717) is 0 Å². The van der Waals surface area contributed by atoms with Crippen molar-refractivity contribution in [3.63, 3.8) is 0 Å². The standard InChI is InChI=1S/C13H24N2O2/c1-10-11(3-8-17-10)12(16)15-9-13(2)4-6-14-7-5-13/h10-11,14H,3-9H2,1-2H3,(H,15,16). The van der Waals surface area contributed by atoms with Crippen molar-refractivity contribution in [2.24, 2.45) is 11.3 Å². The summed E-state index contributed by atoms with van der Waals surface area (Å²) in [6.07, 6.45) is 3.23. The topological polar surface area (TPSA) is 50.4 Å². The fraction of sp³-hybridized carbons (Fsp3) is 0.923. The van der Waals surface area contributed by atoms with E-state index >= 15 is 0 Å². The van der Waals surface area contributed by atoms with Gasteiger partial charge in [-0.15, -0.1) is 0 Å². The molecular weight excluding hydrogens is 216 g/mol. The molecule has 2 aliphatic heterocycles. The summed E-state index contributed by atoms with van der Waals surface area (Å²) in [7, 11) is 0. The van der Waals surface area contributed by atoms with Crippen LogP contribution in [0.15, 0.2) is 0 Å². The normalized spacial score (nSPS) is 32.4. The Labute approximate surface area is 103 Å². The van der Waals surface area contributed by atoms with Gasteiger partial charge in [-0.25, -0.2) is 0 Å². The number of rotatable bonds is 3. The van der Waals surface area contributed by atoms with E-state index in [2.05, 4.69) is 17.6 Å². The van der Waals surface area contributed by atoms with Crippen LogP contribution in [0.2, 0.25) is 0 Å². The molecule has 0 aromatic rings. The average Bonchev–Trinajstić information content (AvgIpc) is 2.74. The Morgan fingerprint density at radius 1 is 1.47 bits per heavy atom. The van der Waals surface area contributed by atoms with Crippen LogP contribution >= 0.6 is 0 Å². The molecule has 2 heterocycles. The third-order valence-electron chi connectivity index (χ3n) is 4.21. The summed E-state index contributed by atoms with van der Waals surface area (Å²) in [6, 6.07) is 0. The van der Waals surface area contributed by atoms with Crippen LogP contribution < -0.4 is 10.6 Å². The summed E-state index contributed by atoms with van der Waals surface area (Å²) in [4.78, 5) is 12.0. The van der Waals surface area contributed by atoms with Gasteiger partial charge in [0.05, 0.1) is 12.0 Å². The molecule has 1 amide bonds. The van der Waals surface area contributed by atoms with Gasteiger partial charge in [-0.1, -0.05) is 6.92 Å². The fourth-order valence-electron chi connectivity index (χ4n) is 2.71. The van der Waals surface area contributed by atoms with Crippen molar-refractivity contribution in [2.45, 2.75) is 39.2 Å². The number of hydrogen-bond donors (Lipinski definition) is 2. The Bertz CT molecular complexity index is 275. The molecule has 2 atom stereocenters. The first-order chi connectivity index (χ1) is 8.11. The van der Waals surface area contributed by atoms with E-state index in [1.165, 1.54) is 0 Å². The first kappa shape index (κ1) is 12.8. The predicted molar refractivity (Wildman–Crippen MR) is 66.7 cm³/mol. The van der Waals surface area contributed by atoms with E-state index < -0.39 is 0 Å². The van der Waals surface area contributed by atoms with Gasteiger partial charge < -0.3 is 15.4 Å². The Morgan fingerprint density at radius 2 is 2.18 bits per heavy atom. The molecule has 2 unspecified atom stereocenters. The van der Waals surface area contributed by atoms with Gasteiger partial charge in [0.2, 0.25) is 5.91 Å². The van der Waals surface area contributed by atoms with Gasteiger partial charge in [-0.3, -0.25) is 4.79 Å². The lowest BCUT2D eigenvalue weighted by molar-refractivity contribution is -0.126. The second-order valence-corrected chi connectivity index (χ2v) is 5.75. The van der Waals surface area contributed by atoms with Crippen LogP contribution in [0.25, 0.3) is 0 Å². The SMILES string of the molecule is CC1OCCC1C(=O)NCC1(C)CCNCC1. The van der Waals surface area contributed by atoms with Crippen molar-refractivity contribution in [1.82, 2.24) is 10.6 Å². The van der Waals surface area contributed by atoms with Gasteiger partial charge in [0.1, 0.15) is 0 Å². The third kappa shape index (κ3) is 3.19. The van der Waals surface area contributed by atoms with Gasteiger partial charge in [0.25, 0.3) is 0 Å². The lowest BCUT2D eigenvalue weighted by atomic mass is 9.81. The summed E-state index contributed by atoms with van der Waals surface area (Å²) in [5.74, 6) is 0.232. The summed E-state index contributed by atoms with van der Waals surface area (Å²) in [5.41, 5.74) is 0.267. The van der Waals surface area contributed by atoms with Crippen LogP contribution in [0.1, 0.15) is 33.1 Å². The molecule has 4 heteroatoms. The van der Waals surface area contributed by atoms with Crippen molar-refractivity contribution >= 4 is 5.91 Å². The van der Waals surface area contributed by atoms with Gasteiger partial charge in [-0.2, -0.15) is 0 Å². The Kier molecular flexibility index (Phi) is 4.05. The zero-order chi connectivity index (χ0) is 12.3. The highest BCUT2D eigenvalue weighted by Gasteiger charge is 2.33. The van der Waals surface area contributed by atoms with E-state index in [1.807, 2.05) is 6.92 Å².